The van der Waals surface area contributed by atoms with Crippen molar-refractivity contribution >= 4 is 74.0 Å². The topological polar surface area (TPSA) is 85.4 Å². The Morgan fingerprint density at radius 3 is 2.52 bits per heavy atom. The Morgan fingerprint density at radius 1 is 1.00 bits per heavy atom. The van der Waals surface area contributed by atoms with Crippen molar-refractivity contribution < 1.29 is 17.9 Å². The summed E-state index contributed by atoms with van der Waals surface area (Å²) in [5.74, 6) is 0.265. The van der Waals surface area contributed by atoms with Crippen LogP contribution in [0.25, 0.3) is 23.1 Å². The molecule has 0 fully saturated rings. The van der Waals surface area contributed by atoms with E-state index in [2.05, 4.69) is 15.8 Å². The molecule has 0 aliphatic heterocycles. The highest BCUT2D eigenvalue weighted by Crippen LogP contribution is 2.33. The number of methoxy groups -OCH3 is 1. The van der Waals surface area contributed by atoms with Crippen molar-refractivity contribution in [2.75, 3.05) is 19.4 Å². The fourth-order valence-corrected chi connectivity index (χ4v) is 6.53. The molecule has 3 aromatic carbocycles. The van der Waals surface area contributed by atoms with E-state index in [0.29, 0.717) is 22.2 Å². The fraction of sp³-hybridized carbons (Fsp3) is 0.200. The van der Waals surface area contributed by atoms with Crippen molar-refractivity contribution in [3.05, 3.63) is 106 Å². The molecule has 6 nitrogen and oxygen atoms in total. The maximum Gasteiger partial charge on any atom is 0.306 e. The predicted molar refractivity (Wildman–Crippen MR) is 165 cm³/mol. The van der Waals surface area contributed by atoms with Crippen LogP contribution in [0.3, 0.4) is 0 Å². The first-order valence-corrected chi connectivity index (χ1v) is 15.8. The number of thioether (sulfide) groups is 1. The number of pyridine rings is 1. The van der Waals surface area contributed by atoms with Crippen LogP contribution in [-0.2, 0) is 19.6 Å². The third kappa shape index (κ3) is 8.56. The van der Waals surface area contributed by atoms with Gasteiger partial charge < -0.3 is 4.74 Å². The lowest BCUT2D eigenvalue weighted by Gasteiger charge is -2.18. The van der Waals surface area contributed by atoms with Gasteiger partial charge in [0.25, 0.3) is 0 Å². The normalized spacial score (nSPS) is 12.6. The number of carbonyl (C=O) groups is 1. The molecular formula is C30H28Cl2N2O4S2. The number of halogens is 2. The van der Waals surface area contributed by atoms with Gasteiger partial charge in [-0.15, -0.1) is 0 Å². The third-order valence-corrected chi connectivity index (χ3v) is 9.39. The van der Waals surface area contributed by atoms with E-state index in [1.165, 1.54) is 19.2 Å². The number of rotatable bonds is 12. The number of sulfonamides is 1. The summed E-state index contributed by atoms with van der Waals surface area (Å²) in [4.78, 5) is 16.5. The van der Waals surface area contributed by atoms with Gasteiger partial charge in [-0.3, -0.25) is 4.79 Å². The minimum absolute atomic E-state index is 0.0492. The molecule has 4 rings (SSSR count). The second-order valence-corrected chi connectivity index (χ2v) is 12.9. The first-order valence-electron chi connectivity index (χ1n) is 12.5. The van der Waals surface area contributed by atoms with E-state index in [-0.39, 0.29) is 29.1 Å². The maximum absolute atomic E-state index is 12.7. The summed E-state index contributed by atoms with van der Waals surface area (Å²) in [5, 5.41) is 2.07. The zero-order valence-corrected chi connectivity index (χ0v) is 24.9. The van der Waals surface area contributed by atoms with Gasteiger partial charge in [0.2, 0.25) is 10.0 Å². The minimum Gasteiger partial charge on any atom is -0.469 e. The average Bonchev–Trinajstić information content (AvgIpc) is 2.95. The largest absolute Gasteiger partial charge is 0.469 e. The second kappa shape index (κ2) is 14.1. The first kappa shape index (κ1) is 30.1. The summed E-state index contributed by atoms with van der Waals surface area (Å²) in [6.07, 6.45) is 4.73. The van der Waals surface area contributed by atoms with Crippen molar-refractivity contribution in [3.63, 3.8) is 0 Å². The molecule has 0 spiro atoms. The lowest BCUT2D eigenvalue weighted by molar-refractivity contribution is -0.140. The molecule has 0 amide bonds. The third-order valence-electron chi connectivity index (χ3n) is 6.08. The second-order valence-electron chi connectivity index (χ2n) is 8.90. The summed E-state index contributed by atoms with van der Waals surface area (Å²) in [5.41, 5.74) is 3.64. The number of hydrogen-bond acceptors (Lipinski definition) is 6. The molecule has 0 aliphatic carbocycles. The van der Waals surface area contributed by atoms with E-state index in [1.54, 1.807) is 23.9 Å². The van der Waals surface area contributed by atoms with E-state index >= 15 is 0 Å². The predicted octanol–water partition coefficient (Wildman–Crippen LogP) is 7.42. The number of hydrogen-bond donors (Lipinski definition) is 1. The average molecular weight is 616 g/mol. The molecule has 0 bridgehead atoms. The summed E-state index contributed by atoms with van der Waals surface area (Å²) < 4.78 is 32.9. The molecule has 40 heavy (non-hydrogen) atoms. The highest BCUT2D eigenvalue weighted by Gasteiger charge is 2.17. The SMILES string of the molecule is COC(=O)CCSC(CCNS(=O)(=O)c1ccc(Cl)cc1)c1cccc(/C=C/c2ccc3ccc(Cl)cc3n2)c1. The lowest BCUT2D eigenvalue weighted by atomic mass is 10.1. The van der Waals surface area contributed by atoms with Crippen molar-refractivity contribution in [1.29, 1.82) is 0 Å². The van der Waals surface area contributed by atoms with Gasteiger partial charge in [0, 0.05) is 33.0 Å². The van der Waals surface area contributed by atoms with Gasteiger partial charge in [0.15, 0.2) is 0 Å². The van der Waals surface area contributed by atoms with Crippen LogP contribution in [-0.4, -0.2) is 38.8 Å². The number of fused-ring (bicyclic) bond motifs is 1. The summed E-state index contributed by atoms with van der Waals surface area (Å²) in [6, 6.07) is 23.7. The molecule has 1 N–H and O–H groups in total. The van der Waals surface area contributed by atoms with E-state index in [9.17, 15) is 13.2 Å². The number of aromatic nitrogens is 1. The van der Waals surface area contributed by atoms with E-state index in [4.69, 9.17) is 27.9 Å². The number of nitrogens with zero attached hydrogens (tertiary/aromatic N) is 1. The number of ether oxygens (including phenoxy) is 1. The number of carbonyl (C=O) groups excluding carboxylic acids is 1. The number of benzene rings is 3. The van der Waals surface area contributed by atoms with Crippen molar-refractivity contribution in [2.45, 2.75) is 23.0 Å². The monoisotopic (exact) mass is 614 g/mol. The Hall–Kier alpha value is -2.88. The Morgan fingerprint density at radius 2 is 1.75 bits per heavy atom. The Balaban J connectivity index is 1.48. The molecule has 4 aromatic rings. The van der Waals surface area contributed by atoms with Crippen LogP contribution in [0.4, 0.5) is 0 Å². The fourth-order valence-electron chi connectivity index (χ4n) is 4.00. The Bertz CT molecular complexity index is 1610. The zero-order valence-electron chi connectivity index (χ0n) is 21.7. The maximum atomic E-state index is 12.7. The lowest BCUT2D eigenvalue weighted by Crippen LogP contribution is -2.25. The molecule has 208 valence electrons. The number of nitrogens with one attached hydrogen (secondary N) is 1. The zero-order chi connectivity index (χ0) is 28.5. The Kier molecular flexibility index (Phi) is 10.6. The molecule has 0 saturated carbocycles. The standard InChI is InChI=1S/C30H28Cl2N2O4S2/c1-38-30(35)16-18-39-29(15-17-33-40(36,37)27-13-9-24(31)10-14-27)23-4-2-3-21(19-23)5-11-26-12-7-22-6-8-25(32)20-28(22)34-26/h2-14,19-20,29,33H,15-18H2,1H3/b11-5+. The van der Waals surface area contributed by atoms with Gasteiger partial charge in [0.1, 0.15) is 0 Å². The molecule has 1 unspecified atom stereocenters. The van der Waals surface area contributed by atoms with Crippen LogP contribution >= 0.6 is 35.0 Å². The van der Waals surface area contributed by atoms with Crippen LogP contribution in [0, 0.1) is 0 Å². The summed E-state index contributed by atoms with van der Waals surface area (Å²) in [6.45, 7) is 0.227. The summed E-state index contributed by atoms with van der Waals surface area (Å²) >= 11 is 13.6. The molecule has 1 heterocycles. The summed E-state index contributed by atoms with van der Waals surface area (Å²) in [7, 11) is -2.31. The molecule has 10 heteroatoms. The van der Waals surface area contributed by atoms with Gasteiger partial charge in [0.05, 0.1) is 29.6 Å². The van der Waals surface area contributed by atoms with Crippen LogP contribution in [0.1, 0.15) is 34.9 Å². The molecule has 0 radical (unpaired) electrons. The molecule has 1 aromatic heterocycles. The van der Waals surface area contributed by atoms with E-state index < -0.39 is 10.0 Å². The quantitative estimate of drug-likeness (QED) is 0.167. The van der Waals surface area contributed by atoms with Gasteiger partial charge in [-0.25, -0.2) is 18.1 Å². The van der Waals surface area contributed by atoms with Crippen molar-refractivity contribution in [1.82, 2.24) is 9.71 Å². The van der Waals surface area contributed by atoms with Gasteiger partial charge in [-0.1, -0.05) is 65.7 Å². The molecule has 0 saturated heterocycles. The highest BCUT2D eigenvalue weighted by atomic mass is 35.5. The van der Waals surface area contributed by atoms with Crippen LogP contribution < -0.4 is 4.72 Å². The smallest absolute Gasteiger partial charge is 0.306 e. The molecule has 1 atom stereocenters. The van der Waals surface area contributed by atoms with Gasteiger partial charge >= 0.3 is 5.97 Å². The number of esters is 1. The van der Waals surface area contributed by atoms with Gasteiger partial charge in [-0.05, 0) is 66.1 Å². The molecular weight excluding hydrogens is 587 g/mol. The first-order chi connectivity index (χ1) is 19.2. The van der Waals surface area contributed by atoms with Crippen LogP contribution in [0.2, 0.25) is 10.0 Å². The molecule has 0 aliphatic rings. The van der Waals surface area contributed by atoms with Crippen molar-refractivity contribution in [2.24, 2.45) is 0 Å². The van der Waals surface area contributed by atoms with E-state index in [1.807, 2.05) is 60.7 Å². The van der Waals surface area contributed by atoms with Crippen molar-refractivity contribution in [3.8, 4) is 0 Å². The van der Waals surface area contributed by atoms with E-state index in [0.717, 1.165) is 27.7 Å². The Labute approximate surface area is 248 Å². The van der Waals surface area contributed by atoms with Crippen LogP contribution in [0.5, 0.6) is 0 Å². The van der Waals surface area contributed by atoms with Gasteiger partial charge in [-0.2, -0.15) is 11.8 Å². The van der Waals surface area contributed by atoms with Crippen LogP contribution in [0.15, 0.2) is 83.8 Å². The highest BCUT2D eigenvalue weighted by molar-refractivity contribution is 7.99. The minimum atomic E-state index is -3.68.